The van der Waals surface area contributed by atoms with E-state index in [0.717, 1.165) is 11.1 Å². The van der Waals surface area contributed by atoms with Crippen molar-refractivity contribution in [1.29, 1.82) is 5.26 Å². The number of nitrogens with one attached hydrogen (secondary N) is 1. The minimum absolute atomic E-state index is 0.120. The van der Waals surface area contributed by atoms with Crippen LogP contribution >= 0.6 is 35.0 Å². The predicted octanol–water partition coefficient (Wildman–Crippen LogP) is 5.74. The third-order valence-corrected chi connectivity index (χ3v) is 7.13. The maximum absolute atomic E-state index is 13.5. The minimum Gasteiger partial charge on any atom is -0.347 e. The van der Waals surface area contributed by atoms with Crippen molar-refractivity contribution in [3.63, 3.8) is 0 Å². The van der Waals surface area contributed by atoms with Gasteiger partial charge in [-0.05, 0) is 47.9 Å². The van der Waals surface area contributed by atoms with Crippen molar-refractivity contribution < 1.29 is 9.59 Å². The highest BCUT2D eigenvalue weighted by molar-refractivity contribution is 8.05. The maximum atomic E-state index is 13.5. The molecule has 0 aromatic heterocycles. The molecule has 1 heterocycles. The molecule has 1 aliphatic rings. The molecule has 0 unspecified atom stereocenters. The molecule has 1 fully saturated rings. The molecule has 5 nitrogen and oxygen atoms in total. The van der Waals surface area contributed by atoms with Gasteiger partial charge in [-0.2, -0.15) is 5.26 Å². The molecule has 8 heteroatoms. The van der Waals surface area contributed by atoms with E-state index < -0.39 is 11.2 Å². The molecule has 1 saturated heterocycles. The summed E-state index contributed by atoms with van der Waals surface area (Å²) in [5.41, 5.74) is 2.13. The summed E-state index contributed by atoms with van der Waals surface area (Å²) in [5, 5.41) is 13.5. The van der Waals surface area contributed by atoms with Gasteiger partial charge in [0.25, 0.3) is 5.91 Å². The standard InChI is InChI=1S/C26H19Cl2N3O2S/c27-19-10-12-20(13-11-19)31-25(33)23(14-18-8-4-5-9-22(18)28)34-26(31)21(15-29)24(32)30-16-17-6-2-1-3-7-17/h1-13,23H,14,16H2,(H,30,32)/b26-21-/t23-/m0/s1. The summed E-state index contributed by atoms with van der Waals surface area (Å²) in [6.45, 7) is 0.265. The van der Waals surface area contributed by atoms with Crippen LogP contribution < -0.4 is 10.2 Å². The van der Waals surface area contributed by atoms with Crippen LogP contribution in [0.4, 0.5) is 5.69 Å². The van der Waals surface area contributed by atoms with Crippen molar-refractivity contribution in [3.8, 4) is 6.07 Å². The molecule has 0 bridgehead atoms. The maximum Gasteiger partial charge on any atom is 0.264 e. The molecule has 0 spiro atoms. The molecule has 170 valence electrons. The highest BCUT2D eigenvalue weighted by Gasteiger charge is 2.41. The van der Waals surface area contributed by atoms with Gasteiger partial charge in [-0.25, -0.2) is 0 Å². The van der Waals surface area contributed by atoms with Gasteiger partial charge in [-0.1, -0.05) is 83.5 Å². The molecular weight excluding hydrogens is 489 g/mol. The fourth-order valence-corrected chi connectivity index (χ4v) is 5.18. The molecule has 1 atom stereocenters. The van der Waals surface area contributed by atoms with Crippen LogP contribution in [0.2, 0.25) is 10.0 Å². The lowest BCUT2D eigenvalue weighted by atomic mass is 10.1. The van der Waals surface area contributed by atoms with Gasteiger partial charge in [0, 0.05) is 22.3 Å². The van der Waals surface area contributed by atoms with Crippen LogP contribution in [0.1, 0.15) is 11.1 Å². The van der Waals surface area contributed by atoms with E-state index in [1.807, 2.05) is 54.6 Å². The van der Waals surface area contributed by atoms with E-state index >= 15 is 0 Å². The third kappa shape index (κ3) is 5.28. The number of carbonyl (C=O) groups excluding carboxylic acids is 2. The number of anilines is 1. The molecular formula is C26H19Cl2N3O2S. The molecule has 34 heavy (non-hydrogen) atoms. The molecule has 0 radical (unpaired) electrons. The quantitative estimate of drug-likeness (QED) is 0.341. The number of rotatable bonds is 6. The molecule has 2 amide bonds. The Labute approximate surface area is 212 Å². The normalized spacial score (nSPS) is 16.8. The average molecular weight is 508 g/mol. The van der Waals surface area contributed by atoms with Gasteiger partial charge in [0.1, 0.15) is 16.7 Å². The Morgan fingerprint density at radius 2 is 1.68 bits per heavy atom. The van der Waals surface area contributed by atoms with Gasteiger partial charge in [-0.15, -0.1) is 0 Å². The van der Waals surface area contributed by atoms with Crippen LogP contribution in [0.3, 0.4) is 0 Å². The summed E-state index contributed by atoms with van der Waals surface area (Å²) in [4.78, 5) is 27.9. The Balaban J connectivity index is 1.68. The zero-order valence-corrected chi connectivity index (χ0v) is 20.2. The molecule has 1 N–H and O–H groups in total. The lowest BCUT2D eigenvalue weighted by molar-refractivity contribution is -0.117. The van der Waals surface area contributed by atoms with Crippen molar-refractivity contribution in [1.82, 2.24) is 5.32 Å². The Hall–Kier alpha value is -3.24. The number of hydrogen-bond donors (Lipinski definition) is 1. The Morgan fingerprint density at radius 1 is 1.00 bits per heavy atom. The van der Waals surface area contributed by atoms with Crippen molar-refractivity contribution in [2.24, 2.45) is 0 Å². The zero-order valence-electron chi connectivity index (χ0n) is 17.9. The van der Waals surface area contributed by atoms with E-state index in [1.165, 1.54) is 16.7 Å². The second-order valence-electron chi connectivity index (χ2n) is 7.51. The number of benzene rings is 3. The van der Waals surface area contributed by atoms with Crippen LogP contribution in [0.5, 0.6) is 0 Å². The van der Waals surface area contributed by atoms with Crippen LogP contribution in [-0.4, -0.2) is 17.1 Å². The number of hydrogen-bond acceptors (Lipinski definition) is 4. The summed E-state index contributed by atoms with van der Waals surface area (Å²) in [5.74, 6) is -0.773. The van der Waals surface area contributed by atoms with Gasteiger partial charge in [-0.3, -0.25) is 14.5 Å². The number of carbonyl (C=O) groups is 2. The van der Waals surface area contributed by atoms with E-state index in [1.54, 1.807) is 30.3 Å². The monoisotopic (exact) mass is 507 g/mol. The van der Waals surface area contributed by atoms with Crippen LogP contribution in [0.15, 0.2) is 89.5 Å². The first kappa shape index (κ1) is 23.9. The number of nitriles is 1. The fourth-order valence-electron chi connectivity index (χ4n) is 3.54. The molecule has 3 aromatic carbocycles. The minimum atomic E-state index is -0.546. The van der Waals surface area contributed by atoms with Gasteiger partial charge < -0.3 is 5.32 Å². The highest BCUT2D eigenvalue weighted by Crippen LogP contribution is 2.42. The lowest BCUT2D eigenvalue weighted by Gasteiger charge is -2.19. The molecule has 0 saturated carbocycles. The second-order valence-corrected chi connectivity index (χ2v) is 9.55. The number of nitrogens with zero attached hydrogens (tertiary/aromatic N) is 2. The van der Waals surface area contributed by atoms with E-state index in [0.29, 0.717) is 22.2 Å². The van der Waals surface area contributed by atoms with Gasteiger partial charge >= 0.3 is 0 Å². The first-order valence-electron chi connectivity index (χ1n) is 10.4. The van der Waals surface area contributed by atoms with Crippen molar-refractivity contribution in [2.45, 2.75) is 18.2 Å². The summed E-state index contributed by atoms with van der Waals surface area (Å²) >= 11 is 13.5. The topological polar surface area (TPSA) is 73.2 Å². The Morgan fingerprint density at radius 3 is 2.35 bits per heavy atom. The van der Waals surface area contributed by atoms with Gasteiger partial charge in [0.15, 0.2) is 0 Å². The van der Waals surface area contributed by atoms with Crippen LogP contribution in [0.25, 0.3) is 0 Å². The SMILES string of the molecule is N#C/C(C(=O)NCc1ccccc1)=C1/S[C@@H](Cc2ccccc2Cl)C(=O)N1c1ccc(Cl)cc1. The van der Waals surface area contributed by atoms with E-state index in [9.17, 15) is 14.9 Å². The Bertz CT molecular complexity index is 1290. The van der Waals surface area contributed by atoms with Crippen molar-refractivity contribution in [3.05, 3.63) is 111 Å². The number of amides is 2. The van der Waals surface area contributed by atoms with Crippen LogP contribution in [-0.2, 0) is 22.6 Å². The lowest BCUT2D eigenvalue weighted by Crippen LogP contribution is -2.32. The molecule has 4 rings (SSSR count). The summed E-state index contributed by atoms with van der Waals surface area (Å²) in [6.07, 6.45) is 0.362. The first-order chi connectivity index (χ1) is 16.5. The third-order valence-electron chi connectivity index (χ3n) is 5.25. The molecule has 1 aliphatic heterocycles. The Kier molecular flexibility index (Phi) is 7.59. The fraction of sp³-hybridized carbons (Fsp3) is 0.115. The van der Waals surface area contributed by atoms with E-state index in [2.05, 4.69) is 5.32 Å². The zero-order chi connectivity index (χ0) is 24.1. The summed E-state index contributed by atoms with van der Waals surface area (Å²) < 4.78 is 0. The van der Waals surface area contributed by atoms with Crippen LogP contribution in [0, 0.1) is 11.3 Å². The highest BCUT2D eigenvalue weighted by atomic mass is 35.5. The summed E-state index contributed by atoms with van der Waals surface area (Å²) in [7, 11) is 0. The van der Waals surface area contributed by atoms with Gasteiger partial charge in [0.05, 0.1) is 5.25 Å². The van der Waals surface area contributed by atoms with E-state index in [4.69, 9.17) is 23.2 Å². The largest absolute Gasteiger partial charge is 0.347 e. The van der Waals surface area contributed by atoms with E-state index in [-0.39, 0.29) is 23.1 Å². The second kappa shape index (κ2) is 10.8. The predicted molar refractivity (Wildman–Crippen MR) is 136 cm³/mol. The summed E-state index contributed by atoms with van der Waals surface area (Å²) in [6, 6.07) is 25.4. The average Bonchev–Trinajstić information content (AvgIpc) is 3.16. The number of thioether (sulfide) groups is 1. The molecule has 3 aromatic rings. The smallest absolute Gasteiger partial charge is 0.264 e. The number of halogens is 2. The van der Waals surface area contributed by atoms with Crippen molar-refractivity contribution in [2.75, 3.05) is 4.90 Å². The van der Waals surface area contributed by atoms with Gasteiger partial charge in [0.2, 0.25) is 5.91 Å². The van der Waals surface area contributed by atoms with Crippen molar-refractivity contribution >= 4 is 52.5 Å². The first-order valence-corrected chi connectivity index (χ1v) is 12.1. The molecule has 0 aliphatic carbocycles.